The van der Waals surface area contributed by atoms with Crippen molar-refractivity contribution in [2.75, 3.05) is 48.1 Å². The van der Waals surface area contributed by atoms with Crippen molar-refractivity contribution in [1.82, 2.24) is 0 Å². The first-order chi connectivity index (χ1) is 24.5. The van der Waals surface area contributed by atoms with E-state index in [1.807, 2.05) is 60.7 Å². The molecule has 3 heterocycles. The molecule has 10 atom stereocenters. The minimum Gasteiger partial charge on any atom is -0.468 e. The number of fused-ring (bicyclic) bond motifs is 3. The molecule has 2 aromatic carbocycles. The van der Waals surface area contributed by atoms with Gasteiger partial charge >= 0.3 is 11.9 Å². The average Bonchev–Trinajstić information content (AvgIpc) is 3.71. The second-order valence-corrected chi connectivity index (χ2v) is 23.3. The van der Waals surface area contributed by atoms with Crippen molar-refractivity contribution in [3.05, 3.63) is 71.8 Å². The number of carbonyl (C=O) groups is 3. The fourth-order valence-electron chi connectivity index (χ4n) is 10.2. The van der Waals surface area contributed by atoms with Crippen LogP contribution in [0.5, 0.6) is 0 Å². The quantitative estimate of drug-likeness (QED) is 0.256. The number of ketones is 1. The van der Waals surface area contributed by atoms with Gasteiger partial charge in [-0.1, -0.05) is 81.4 Å². The molecule has 0 radical (unpaired) electrons. The maximum Gasteiger partial charge on any atom is 0.366 e. The smallest absolute Gasteiger partial charge is 0.366 e. The normalized spacial score (nSPS) is 36.9. The van der Waals surface area contributed by atoms with Gasteiger partial charge < -0.3 is 37.3 Å². The highest BCUT2D eigenvalue weighted by molar-refractivity contribution is 6.73. The summed E-state index contributed by atoms with van der Waals surface area (Å²) >= 11 is 0. The highest BCUT2D eigenvalue weighted by Gasteiger charge is 2.85. The number of Topliss-reactive ketones (excluding diaryl/α,β-unsaturated/α-hetero) is 1. The van der Waals surface area contributed by atoms with Crippen molar-refractivity contribution in [1.29, 1.82) is 0 Å². The monoisotopic (exact) mass is 736 g/mol. The zero-order valence-electron chi connectivity index (χ0n) is 31.9. The number of benzene rings is 2. The number of hydrogen-bond donors (Lipinski definition) is 0. The van der Waals surface area contributed by atoms with Crippen LogP contribution in [0.4, 0.5) is 0 Å². The van der Waals surface area contributed by atoms with Gasteiger partial charge in [0.1, 0.15) is 11.5 Å². The van der Waals surface area contributed by atoms with Gasteiger partial charge in [-0.05, 0) is 18.7 Å². The van der Waals surface area contributed by atoms with E-state index in [4.69, 9.17) is 33.2 Å². The van der Waals surface area contributed by atoms with Crippen molar-refractivity contribution in [3.63, 3.8) is 0 Å². The first kappa shape index (κ1) is 37.3. The molecule has 2 saturated carbocycles. The minimum absolute atomic E-state index is 0.0268. The van der Waals surface area contributed by atoms with Crippen molar-refractivity contribution >= 4 is 26.0 Å². The zero-order valence-corrected chi connectivity index (χ0v) is 32.9. The molecule has 7 rings (SSSR count). The summed E-state index contributed by atoms with van der Waals surface area (Å²) in [6.07, 6.45) is -2.78. The molecule has 3 aliphatic heterocycles. The predicted octanol–water partition coefficient (Wildman–Crippen LogP) is 5.05. The van der Waals surface area contributed by atoms with Gasteiger partial charge in [0.25, 0.3) is 14.0 Å². The van der Waals surface area contributed by atoms with Crippen LogP contribution in [0.2, 0.25) is 18.1 Å². The summed E-state index contributed by atoms with van der Waals surface area (Å²) < 4.78 is 45.5. The number of esters is 2. The van der Waals surface area contributed by atoms with Crippen molar-refractivity contribution in [2.24, 2.45) is 28.6 Å². The molecule has 2 aliphatic carbocycles. The maximum absolute atomic E-state index is 15.3. The number of methoxy groups -OCH3 is 2. The number of hydrogen-bond acceptors (Lipinski definition) is 10. The van der Waals surface area contributed by atoms with Gasteiger partial charge in [0.15, 0.2) is 12.1 Å². The van der Waals surface area contributed by atoms with E-state index in [1.165, 1.54) is 14.2 Å². The van der Waals surface area contributed by atoms with Gasteiger partial charge in [-0.3, -0.25) is 9.59 Å². The van der Waals surface area contributed by atoms with Gasteiger partial charge in [0.05, 0.1) is 78.7 Å². The Labute approximate surface area is 307 Å². The number of quaternary nitrogens is 1. The van der Waals surface area contributed by atoms with Crippen LogP contribution >= 0.6 is 0 Å². The molecular formula is C40H54NO10Si+. The molecule has 0 N–H and O–H groups in total. The Balaban J connectivity index is 1.46. The molecule has 0 amide bonds. The third-order valence-electron chi connectivity index (χ3n) is 14.1. The van der Waals surface area contributed by atoms with E-state index < -0.39 is 79.1 Å². The number of ether oxygens (including phenoxy) is 7. The highest BCUT2D eigenvalue weighted by atomic mass is 28.3. The van der Waals surface area contributed by atoms with E-state index >= 15 is 4.79 Å². The fourth-order valence-corrected chi connectivity index (χ4v) is 12.7. The van der Waals surface area contributed by atoms with Crippen LogP contribution in [-0.2, 0) is 54.1 Å². The fraction of sp³-hybridized carbons (Fsp3) is 0.625. The lowest BCUT2D eigenvalue weighted by molar-refractivity contribution is -0.797. The topological polar surface area (TPSA) is 116 Å². The van der Waals surface area contributed by atoms with Crippen LogP contribution in [0.1, 0.15) is 44.6 Å². The van der Waals surface area contributed by atoms with Gasteiger partial charge in [0.2, 0.25) is 0 Å². The molecule has 0 unspecified atom stereocenters. The predicted molar refractivity (Wildman–Crippen MR) is 192 cm³/mol. The highest BCUT2D eigenvalue weighted by Crippen LogP contribution is 2.72. The summed E-state index contributed by atoms with van der Waals surface area (Å²) in [4.78, 5) is 44.2. The third-order valence-corrected chi connectivity index (χ3v) is 21.0. The summed E-state index contributed by atoms with van der Waals surface area (Å²) in [5, 5.41) is -0.0292. The Kier molecular flexibility index (Phi) is 9.21. The number of nitrogens with zero attached hydrogens (tertiary/aromatic N) is 1. The van der Waals surface area contributed by atoms with Crippen LogP contribution in [-0.4, -0.2) is 102 Å². The first-order valence-electron chi connectivity index (χ1n) is 18.3. The largest absolute Gasteiger partial charge is 0.468 e. The standard InChI is InChI=1S/C40H54NO10Si/c1-37(2,3)52(8,9)41(4,5)21-27-30(42)31-33-38(24-49-40(32(27)38,36(44)46-7)48-22-25-16-12-10-13-17-25)28-20-29(39(33,23-47-31)35(43)45-6)51-34(50-28)26-18-14-11-15-19-26/h10-19,27-29,31-34H,20-24H2,1-9H3/q+1/t27-,28+,29-,31+,32+,33-,34-,38-,39+,40+/m1/s1. The van der Waals surface area contributed by atoms with Crippen LogP contribution in [0.3, 0.4) is 0 Å². The summed E-state index contributed by atoms with van der Waals surface area (Å²) in [6.45, 7) is 11.8. The van der Waals surface area contributed by atoms with Crippen molar-refractivity contribution in [2.45, 2.75) is 82.3 Å². The Bertz CT molecular complexity index is 1700. The molecule has 282 valence electrons. The first-order valence-corrected chi connectivity index (χ1v) is 21.3. The summed E-state index contributed by atoms with van der Waals surface area (Å²) in [5.41, 5.74) is -0.867. The molecule has 2 aromatic rings. The molecule has 5 fully saturated rings. The van der Waals surface area contributed by atoms with E-state index in [0.717, 1.165) is 11.1 Å². The molecule has 5 aliphatic rings. The molecule has 11 nitrogen and oxygen atoms in total. The summed E-state index contributed by atoms with van der Waals surface area (Å²) in [5.74, 6) is -5.88. The number of carbonyl (C=O) groups excluding carboxylic acids is 3. The average molecular weight is 737 g/mol. The van der Waals surface area contributed by atoms with Crippen LogP contribution in [0.15, 0.2) is 60.7 Å². The van der Waals surface area contributed by atoms with E-state index in [9.17, 15) is 9.59 Å². The van der Waals surface area contributed by atoms with Crippen LogP contribution in [0.25, 0.3) is 0 Å². The molecule has 52 heavy (non-hydrogen) atoms. The Morgan fingerprint density at radius 2 is 1.50 bits per heavy atom. The molecule has 1 spiro atoms. The summed E-state index contributed by atoms with van der Waals surface area (Å²) in [7, 11) is 4.83. The molecule has 12 heteroatoms. The Hall–Kier alpha value is -2.97. The van der Waals surface area contributed by atoms with Gasteiger partial charge in [-0.25, -0.2) is 4.79 Å². The minimum atomic E-state index is -2.21. The maximum atomic E-state index is 15.3. The van der Waals surface area contributed by atoms with Crippen LogP contribution in [0, 0.1) is 28.6 Å². The molecule has 3 saturated heterocycles. The van der Waals surface area contributed by atoms with E-state index in [1.54, 1.807) is 0 Å². The second kappa shape index (κ2) is 12.8. The lowest BCUT2D eigenvalue weighted by Crippen LogP contribution is -2.76. The SMILES string of the molecule is COC(=O)[C@@]1(OCc2ccccc2)OC[C@@]23[C@@H]4C[C@@H](O[C@H](c5ccccc5)O4)[C@@]4(C(=O)OC)CO[C@@H](C(=O)[C@@H](C[N+](C)(C)[Si](C)(C)C(C)(C)C)[C@H]12)[C@@H]43. The zero-order chi connectivity index (χ0) is 37.5. The van der Waals surface area contributed by atoms with E-state index in [2.05, 4.69) is 48.0 Å². The lowest BCUT2D eigenvalue weighted by Gasteiger charge is -2.63. The third kappa shape index (κ3) is 5.15. The van der Waals surface area contributed by atoms with Crippen molar-refractivity contribution in [3.8, 4) is 0 Å². The molecule has 0 aromatic heterocycles. The lowest BCUT2D eigenvalue weighted by atomic mass is 9.42. The van der Waals surface area contributed by atoms with Crippen molar-refractivity contribution < 1.29 is 51.7 Å². The molecule has 2 bridgehead atoms. The second-order valence-electron chi connectivity index (χ2n) is 17.5. The van der Waals surface area contributed by atoms with E-state index in [0.29, 0.717) is 17.1 Å². The van der Waals surface area contributed by atoms with Crippen LogP contribution < -0.4 is 0 Å². The summed E-state index contributed by atoms with van der Waals surface area (Å²) in [6, 6.07) is 19.1. The Morgan fingerprint density at radius 1 is 0.885 bits per heavy atom. The Morgan fingerprint density at radius 3 is 2.12 bits per heavy atom. The van der Waals surface area contributed by atoms with Gasteiger partial charge in [0, 0.05) is 28.4 Å². The molecular weight excluding hydrogens is 683 g/mol. The van der Waals surface area contributed by atoms with E-state index in [-0.39, 0.29) is 30.6 Å². The number of rotatable bonds is 9. The van der Waals surface area contributed by atoms with Gasteiger partial charge in [-0.15, -0.1) is 0 Å². The van der Waals surface area contributed by atoms with Gasteiger partial charge in [-0.2, -0.15) is 0 Å².